The third kappa shape index (κ3) is 3.69. The summed E-state index contributed by atoms with van der Waals surface area (Å²) in [4.78, 5) is 2.39. The highest BCUT2D eigenvalue weighted by Crippen LogP contribution is 2.13. The van der Waals surface area contributed by atoms with E-state index in [0.29, 0.717) is 6.04 Å². The lowest BCUT2D eigenvalue weighted by atomic mass is 10.0. The van der Waals surface area contributed by atoms with Crippen molar-refractivity contribution < 1.29 is 0 Å². The molecule has 2 heteroatoms. The van der Waals surface area contributed by atoms with Gasteiger partial charge in [0.2, 0.25) is 0 Å². The maximum absolute atomic E-state index is 5.47. The predicted octanol–water partition coefficient (Wildman–Crippen LogP) is 1.47. The Balaban J connectivity index is 2.42. The Bertz CT molecular complexity index is 215. The number of hydrogen-bond acceptors (Lipinski definition) is 2. The maximum atomic E-state index is 5.47. The molecule has 1 aliphatic heterocycles. The van der Waals surface area contributed by atoms with Crippen LogP contribution in [0.25, 0.3) is 0 Å². The molecule has 1 atom stereocenters. The van der Waals surface area contributed by atoms with Gasteiger partial charge in [-0.1, -0.05) is 5.92 Å². The normalized spacial score (nSPS) is 25.4. The molecule has 0 aromatic carbocycles. The van der Waals surface area contributed by atoms with Crippen molar-refractivity contribution in [3.05, 3.63) is 0 Å². The Hall–Kier alpha value is -0.520. The molecular formula is C12H22N2. The van der Waals surface area contributed by atoms with E-state index < -0.39 is 0 Å². The zero-order valence-electron chi connectivity index (χ0n) is 9.64. The van der Waals surface area contributed by atoms with Gasteiger partial charge in [-0.2, -0.15) is 0 Å². The van der Waals surface area contributed by atoms with E-state index in [2.05, 4.69) is 37.0 Å². The second kappa shape index (κ2) is 4.82. The van der Waals surface area contributed by atoms with E-state index in [1.54, 1.807) is 0 Å². The minimum absolute atomic E-state index is 0.159. The summed E-state index contributed by atoms with van der Waals surface area (Å²) in [5.41, 5.74) is -0.159. The second-order valence-electron chi connectivity index (χ2n) is 4.84. The minimum Gasteiger partial charge on any atom is -0.306 e. The Morgan fingerprint density at radius 2 is 2.07 bits per heavy atom. The van der Waals surface area contributed by atoms with Crippen molar-refractivity contribution >= 4 is 0 Å². The molecule has 0 amide bonds. The fourth-order valence-electron chi connectivity index (χ4n) is 1.94. The van der Waals surface area contributed by atoms with Crippen LogP contribution in [-0.4, -0.2) is 36.6 Å². The highest BCUT2D eigenvalue weighted by atomic mass is 15.1. The third-order valence-corrected chi connectivity index (χ3v) is 2.88. The monoisotopic (exact) mass is 194 g/mol. The first-order valence-corrected chi connectivity index (χ1v) is 5.47. The predicted molar refractivity (Wildman–Crippen MR) is 61.2 cm³/mol. The van der Waals surface area contributed by atoms with Crippen molar-refractivity contribution in [2.24, 2.45) is 0 Å². The first-order chi connectivity index (χ1) is 6.53. The van der Waals surface area contributed by atoms with E-state index in [1.165, 1.54) is 32.4 Å². The Morgan fingerprint density at radius 3 is 2.71 bits per heavy atom. The number of hydrogen-bond donors (Lipinski definition) is 1. The molecule has 0 radical (unpaired) electrons. The summed E-state index contributed by atoms with van der Waals surface area (Å²) in [6.45, 7) is 6.54. The van der Waals surface area contributed by atoms with Crippen molar-refractivity contribution in [1.29, 1.82) is 0 Å². The first kappa shape index (κ1) is 11.6. The van der Waals surface area contributed by atoms with Crippen LogP contribution in [0.2, 0.25) is 0 Å². The van der Waals surface area contributed by atoms with Crippen LogP contribution in [0, 0.1) is 12.3 Å². The summed E-state index contributed by atoms with van der Waals surface area (Å²) in [6, 6.07) is 0.589. The van der Waals surface area contributed by atoms with E-state index in [1.807, 2.05) is 0 Å². The first-order valence-electron chi connectivity index (χ1n) is 5.47. The van der Waals surface area contributed by atoms with Crippen LogP contribution in [-0.2, 0) is 0 Å². The zero-order chi connectivity index (χ0) is 10.6. The lowest BCUT2D eigenvalue weighted by Crippen LogP contribution is -2.45. The summed E-state index contributed by atoms with van der Waals surface area (Å²) in [5, 5.41) is 3.54. The highest BCUT2D eigenvalue weighted by molar-refractivity contribution is 5.08. The number of nitrogens with zero attached hydrogens (tertiary/aromatic N) is 1. The second-order valence-corrected chi connectivity index (χ2v) is 4.84. The summed E-state index contributed by atoms with van der Waals surface area (Å²) >= 11 is 0. The number of rotatable bonds is 2. The highest BCUT2D eigenvalue weighted by Gasteiger charge is 2.21. The molecule has 0 saturated carbocycles. The topological polar surface area (TPSA) is 15.3 Å². The van der Waals surface area contributed by atoms with Crippen molar-refractivity contribution in [2.45, 2.75) is 44.7 Å². The molecule has 1 saturated heterocycles. The van der Waals surface area contributed by atoms with Gasteiger partial charge in [-0.15, -0.1) is 6.42 Å². The van der Waals surface area contributed by atoms with E-state index in [0.717, 1.165) is 0 Å². The minimum atomic E-state index is -0.159. The molecule has 14 heavy (non-hydrogen) atoms. The van der Waals surface area contributed by atoms with Gasteiger partial charge in [0.25, 0.3) is 0 Å². The quantitative estimate of drug-likeness (QED) is 0.670. The Morgan fingerprint density at radius 1 is 1.36 bits per heavy atom. The zero-order valence-corrected chi connectivity index (χ0v) is 9.64. The summed E-state index contributed by atoms with van der Waals surface area (Å²) in [5.74, 6) is 2.80. The standard InChI is InChI=1S/C12H22N2/c1-5-12(2,3)13-11-7-6-9-14(4)10-8-11/h1,11,13H,6-10H2,2-4H3. The Kier molecular flexibility index (Phi) is 3.97. The van der Waals surface area contributed by atoms with Gasteiger partial charge in [-0.25, -0.2) is 0 Å². The van der Waals surface area contributed by atoms with E-state index in [4.69, 9.17) is 6.42 Å². The van der Waals surface area contributed by atoms with Crippen LogP contribution in [0.1, 0.15) is 33.1 Å². The molecule has 80 valence electrons. The molecule has 1 aliphatic rings. The van der Waals surface area contributed by atoms with Gasteiger partial charge < -0.3 is 4.90 Å². The van der Waals surface area contributed by atoms with Crippen LogP contribution in [0.15, 0.2) is 0 Å². The molecule has 1 N–H and O–H groups in total. The molecule has 1 heterocycles. The molecule has 1 fully saturated rings. The van der Waals surface area contributed by atoms with E-state index >= 15 is 0 Å². The van der Waals surface area contributed by atoms with E-state index in [9.17, 15) is 0 Å². The van der Waals surface area contributed by atoms with Crippen molar-refractivity contribution in [3.63, 3.8) is 0 Å². The van der Waals surface area contributed by atoms with Crippen molar-refractivity contribution in [2.75, 3.05) is 20.1 Å². The van der Waals surface area contributed by atoms with Gasteiger partial charge in [0, 0.05) is 6.04 Å². The fraction of sp³-hybridized carbons (Fsp3) is 0.833. The summed E-state index contributed by atoms with van der Waals surface area (Å²) in [6.07, 6.45) is 9.19. The summed E-state index contributed by atoms with van der Waals surface area (Å²) in [7, 11) is 2.19. The molecule has 2 nitrogen and oxygen atoms in total. The van der Waals surface area contributed by atoms with Gasteiger partial charge in [-0.3, -0.25) is 5.32 Å². The van der Waals surface area contributed by atoms with Crippen LogP contribution in [0.3, 0.4) is 0 Å². The average molecular weight is 194 g/mol. The number of likely N-dealkylation sites (tertiary alicyclic amines) is 1. The van der Waals surface area contributed by atoms with Crippen molar-refractivity contribution in [3.8, 4) is 12.3 Å². The average Bonchev–Trinajstić information content (AvgIpc) is 2.31. The molecular weight excluding hydrogens is 172 g/mol. The fourth-order valence-corrected chi connectivity index (χ4v) is 1.94. The van der Waals surface area contributed by atoms with Crippen LogP contribution in [0.4, 0.5) is 0 Å². The lowest BCUT2D eigenvalue weighted by molar-refractivity contribution is 0.334. The van der Waals surface area contributed by atoms with Gasteiger partial charge in [0.15, 0.2) is 0 Å². The lowest BCUT2D eigenvalue weighted by Gasteiger charge is -2.26. The van der Waals surface area contributed by atoms with Crippen LogP contribution >= 0.6 is 0 Å². The van der Waals surface area contributed by atoms with Gasteiger partial charge >= 0.3 is 0 Å². The van der Waals surface area contributed by atoms with E-state index in [-0.39, 0.29) is 5.54 Å². The maximum Gasteiger partial charge on any atom is 0.0743 e. The van der Waals surface area contributed by atoms with Gasteiger partial charge in [0.1, 0.15) is 0 Å². The molecule has 1 unspecified atom stereocenters. The SMILES string of the molecule is C#CC(C)(C)NC1CCCN(C)CC1. The molecule has 0 aliphatic carbocycles. The van der Waals surface area contributed by atoms with Crippen LogP contribution in [0.5, 0.6) is 0 Å². The van der Waals surface area contributed by atoms with Crippen LogP contribution < -0.4 is 5.32 Å². The number of terminal acetylenes is 1. The van der Waals surface area contributed by atoms with Gasteiger partial charge in [-0.05, 0) is 53.2 Å². The number of nitrogens with one attached hydrogen (secondary N) is 1. The smallest absolute Gasteiger partial charge is 0.0743 e. The van der Waals surface area contributed by atoms with Crippen molar-refractivity contribution in [1.82, 2.24) is 10.2 Å². The Labute approximate surface area is 88.1 Å². The molecule has 0 bridgehead atoms. The molecule has 0 spiro atoms. The van der Waals surface area contributed by atoms with Gasteiger partial charge in [0.05, 0.1) is 5.54 Å². The summed E-state index contributed by atoms with van der Waals surface area (Å²) < 4.78 is 0. The third-order valence-electron chi connectivity index (χ3n) is 2.88. The largest absolute Gasteiger partial charge is 0.306 e. The molecule has 0 aromatic rings. The molecule has 1 rings (SSSR count). The molecule has 0 aromatic heterocycles.